The molecule has 1 rings (SSSR count). The van der Waals surface area contributed by atoms with Gasteiger partial charge in [-0.15, -0.1) is 0 Å². The first-order chi connectivity index (χ1) is 20.8. The summed E-state index contributed by atoms with van der Waals surface area (Å²) in [6, 6.07) is 7.87. The van der Waals surface area contributed by atoms with E-state index in [1.54, 1.807) is 61.6 Å². The molecule has 2 atom stereocenters. The second-order valence-electron chi connectivity index (χ2n) is 15.6. The number of ether oxygens (including phenoxy) is 2. The van der Waals surface area contributed by atoms with E-state index in [0.717, 1.165) is 5.56 Å². The predicted molar refractivity (Wildman–Crippen MR) is 180 cm³/mol. The Morgan fingerprint density at radius 1 is 0.826 bits per heavy atom. The molecular formula is C36H57N3O7. The van der Waals surface area contributed by atoms with Gasteiger partial charge in [0.1, 0.15) is 23.3 Å². The molecule has 46 heavy (non-hydrogen) atoms. The van der Waals surface area contributed by atoms with E-state index < -0.39 is 52.0 Å². The summed E-state index contributed by atoms with van der Waals surface area (Å²) in [7, 11) is 1.60. The van der Waals surface area contributed by atoms with Crippen molar-refractivity contribution in [2.24, 2.45) is 5.41 Å². The molecule has 0 aliphatic rings. The Morgan fingerprint density at radius 2 is 1.37 bits per heavy atom. The zero-order valence-electron chi connectivity index (χ0n) is 30.3. The Bertz CT molecular complexity index is 1250. The summed E-state index contributed by atoms with van der Waals surface area (Å²) in [5, 5.41) is 5.62. The minimum absolute atomic E-state index is 0.00469. The van der Waals surface area contributed by atoms with Gasteiger partial charge < -0.3 is 25.0 Å². The van der Waals surface area contributed by atoms with Crippen LogP contribution < -0.4 is 10.6 Å². The lowest BCUT2D eigenvalue weighted by Crippen LogP contribution is -2.54. The summed E-state index contributed by atoms with van der Waals surface area (Å²) < 4.78 is 10.8. The molecule has 2 N–H and O–H groups in total. The van der Waals surface area contributed by atoms with E-state index in [2.05, 4.69) is 10.6 Å². The summed E-state index contributed by atoms with van der Waals surface area (Å²) in [6.45, 7) is 21.7. The minimum atomic E-state index is -1.08. The second-order valence-corrected chi connectivity index (χ2v) is 15.6. The summed E-state index contributed by atoms with van der Waals surface area (Å²) in [4.78, 5) is 66.5. The standard InChI is InChI=1S/C36H57N3O7/c1-24(30(42)37-26(32(44)46-35(8,9)10)19-20-28(41)45-34(5,6)7)21-22-39(13)31(43)29(33(2,3)4)38-27(40)23-36(11,12)25-17-15-14-16-18-25/h14-18,21,26,29H,19-20,22-23H2,1-13H3,(H,37,42)(H,38,40)/b24-21+/t26-,29-/m1/s1. The van der Waals surface area contributed by atoms with Gasteiger partial charge in [0.2, 0.25) is 17.7 Å². The predicted octanol–water partition coefficient (Wildman–Crippen LogP) is 5.24. The van der Waals surface area contributed by atoms with E-state index in [1.165, 1.54) is 4.90 Å². The number of carbonyl (C=O) groups is 5. The fraction of sp³-hybridized carbons (Fsp3) is 0.639. The van der Waals surface area contributed by atoms with Gasteiger partial charge in [-0.2, -0.15) is 0 Å². The molecule has 1 aromatic rings. The zero-order chi connectivity index (χ0) is 35.7. The van der Waals surface area contributed by atoms with Crippen LogP contribution >= 0.6 is 0 Å². The molecule has 10 nitrogen and oxygen atoms in total. The fourth-order valence-electron chi connectivity index (χ4n) is 4.48. The van der Waals surface area contributed by atoms with Crippen LogP contribution in [0.5, 0.6) is 0 Å². The number of amides is 3. The molecule has 0 aromatic heterocycles. The molecule has 0 saturated heterocycles. The first kappa shape index (κ1) is 40.3. The van der Waals surface area contributed by atoms with Gasteiger partial charge in [-0.3, -0.25) is 19.2 Å². The topological polar surface area (TPSA) is 131 Å². The van der Waals surface area contributed by atoms with Crippen LogP contribution in [0.4, 0.5) is 0 Å². The number of likely N-dealkylation sites (N-methyl/N-ethyl adjacent to an activating group) is 1. The number of rotatable bonds is 13. The Kier molecular flexibility index (Phi) is 14.2. The van der Waals surface area contributed by atoms with Crippen molar-refractivity contribution in [3.63, 3.8) is 0 Å². The summed E-state index contributed by atoms with van der Waals surface area (Å²) >= 11 is 0. The Balaban J connectivity index is 2.98. The van der Waals surface area contributed by atoms with Gasteiger partial charge in [0.05, 0.1) is 0 Å². The van der Waals surface area contributed by atoms with E-state index in [4.69, 9.17) is 9.47 Å². The van der Waals surface area contributed by atoms with Gasteiger partial charge in [0.25, 0.3) is 0 Å². The van der Waals surface area contributed by atoms with Crippen LogP contribution in [-0.4, -0.2) is 71.4 Å². The lowest BCUT2D eigenvalue weighted by Gasteiger charge is -2.34. The quantitative estimate of drug-likeness (QED) is 0.222. The molecule has 10 heteroatoms. The maximum Gasteiger partial charge on any atom is 0.329 e. The average Bonchev–Trinajstić information content (AvgIpc) is 2.89. The van der Waals surface area contributed by atoms with Crippen molar-refractivity contribution < 1.29 is 33.4 Å². The zero-order valence-corrected chi connectivity index (χ0v) is 30.3. The number of hydrogen-bond acceptors (Lipinski definition) is 7. The van der Waals surface area contributed by atoms with Crippen LogP contribution in [0, 0.1) is 5.41 Å². The summed E-state index contributed by atoms with van der Waals surface area (Å²) in [5.74, 6) is -2.23. The van der Waals surface area contributed by atoms with Crippen LogP contribution in [0.1, 0.15) is 108 Å². The summed E-state index contributed by atoms with van der Waals surface area (Å²) in [5.41, 5.74) is -1.19. The van der Waals surface area contributed by atoms with E-state index in [-0.39, 0.29) is 43.2 Å². The van der Waals surface area contributed by atoms with E-state index >= 15 is 0 Å². The Labute approximate surface area is 276 Å². The van der Waals surface area contributed by atoms with Crippen LogP contribution in [0.25, 0.3) is 0 Å². The highest BCUT2D eigenvalue weighted by atomic mass is 16.6. The van der Waals surface area contributed by atoms with Crippen molar-refractivity contribution in [2.45, 2.75) is 131 Å². The third kappa shape index (κ3) is 14.6. The normalized spacial score (nSPS) is 14.1. The van der Waals surface area contributed by atoms with Crippen molar-refractivity contribution in [2.75, 3.05) is 13.6 Å². The molecule has 3 amide bonds. The van der Waals surface area contributed by atoms with Crippen molar-refractivity contribution in [1.82, 2.24) is 15.5 Å². The van der Waals surface area contributed by atoms with Gasteiger partial charge in [-0.25, -0.2) is 4.79 Å². The van der Waals surface area contributed by atoms with Crippen LogP contribution in [0.3, 0.4) is 0 Å². The van der Waals surface area contributed by atoms with Crippen molar-refractivity contribution in [3.8, 4) is 0 Å². The van der Waals surface area contributed by atoms with Crippen molar-refractivity contribution >= 4 is 29.7 Å². The third-order valence-corrected chi connectivity index (χ3v) is 7.04. The SMILES string of the molecule is C/C(=C\CN(C)C(=O)[C@@H](NC(=O)CC(C)(C)c1ccccc1)C(C)(C)C)C(=O)N[C@H](CCC(=O)OC(C)(C)C)C(=O)OC(C)(C)C. The summed E-state index contributed by atoms with van der Waals surface area (Å²) in [6.07, 6.45) is 1.68. The van der Waals surface area contributed by atoms with Crippen molar-refractivity contribution in [3.05, 3.63) is 47.5 Å². The monoisotopic (exact) mass is 643 g/mol. The fourth-order valence-corrected chi connectivity index (χ4v) is 4.48. The minimum Gasteiger partial charge on any atom is -0.460 e. The van der Waals surface area contributed by atoms with Gasteiger partial charge in [-0.05, 0) is 71.3 Å². The lowest BCUT2D eigenvalue weighted by molar-refractivity contribution is -0.159. The first-order valence-corrected chi connectivity index (χ1v) is 15.8. The molecule has 0 bridgehead atoms. The maximum absolute atomic E-state index is 13.6. The number of carbonyl (C=O) groups excluding carboxylic acids is 5. The number of hydrogen-bond donors (Lipinski definition) is 2. The smallest absolute Gasteiger partial charge is 0.329 e. The average molecular weight is 644 g/mol. The third-order valence-electron chi connectivity index (χ3n) is 7.04. The molecule has 258 valence electrons. The molecule has 1 aromatic carbocycles. The Hall–Kier alpha value is -3.69. The largest absolute Gasteiger partial charge is 0.460 e. The highest BCUT2D eigenvalue weighted by molar-refractivity contribution is 5.96. The molecule has 0 aliphatic carbocycles. The Morgan fingerprint density at radius 3 is 1.87 bits per heavy atom. The molecule has 0 fully saturated rings. The van der Waals surface area contributed by atoms with Gasteiger partial charge in [0, 0.05) is 32.0 Å². The van der Waals surface area contributed by atoms with Gasteiger partial charge >= 0.3 is 11.9 Å². The van der Waals surface area contributed by atoms with E-state index in [9.17, 15) is 24.0 Å². The first-order valence-electron chi connectivity index (χ1n) is 15.8. The van der Waals surface area contributed by atoms with Crippen LogP contribution in [0.2, 0.25) is 0 Å². The molecule has 0 radical (unpaired) electrons. The number of nitrogens with one attached hydrogen (secondary N) is 2. The van der Waals surface area contributed by atoms with Crippen LogP contribution in [-0.2, 0) is 38.9 Å². The molecule has 0 spiro atoms. The highest BCUT2D eigenvalue weighted by Gasteiger charge is 2.36. The van der Waals surface area contributed by atoms with Gasteiger partial charge in [-0.1, -0.05) is 71.0 Å². The molecule has 0 unspecified atom stereocenters. The maximum atomic E-state index is 13.6. The lowest BCUT2D eigenvalue weighted by atomic mass is 9.80. The number of nitrogens with zero attached hydrogens (tertiary/aromatic N) is 1. The molecule has 0 heterocycles. The van der Waals surface area contributed by atoms with Crippen molar-refractivity contribution in [1.29, 1.82) is 0 Å². The highest BCUT2D eigenvalue weighted by Crippen LogP contribution is 2.28. The number of esters is 2. The van der Waals surface area contributed by atoms with Crippen LogP contribution in [0.15, 0.2) is 42.0 Å². The molecule has 0 aliphatic heterocycles. The molecule has 0 saturated carbocycles. The van der Waals surface area contributed by atoms with Gasteiger partial charge in [0.15, 0.2) is 0 Å². The second kappa shape index (κ2) is 16.2. The molecular weight excluding hydrogens is 586 g/mol. The van der Waals surface area contributed by atoms with E-state index in [1.807, 2.05) is 65.0 Å². The van der Waals surface area contributed by atoms with E-state index in [0.29, 0.717) is 0 Å². The number of benzene rings is 1.